The Hall–Kier alpha value is -1.01. The van der Waals surface area contributed by atoms with Gasteiger partial charge in [0.15, 0.2) is 0 Å². The lowest BCUT2D eigenvalue weighted by Gasteiger charge is -2.29. The normalized spacial score (nSPS) is 23.2. The van der Waals surface area contributed by atoms with Gasteiger partial charge in [0.25, 0.3) is 5.60 Å². The van der Waals surface area contributed by atoms with Crippen LogP contribution in [-0.4, -0.2) is 12.4 Å². The van der Waals surface area contributed by atoms with Gasteiger partial charge in [-0.1, -0.05) is 28.4 Å². The zero-order chi connectivity index (χ0) is 13.6. The van der Waals surface area contributed by atoms with Crippen molar-refractivity contribution in [2.24, 2.45) is 5.16 Å². The number of hydrogen-bond donors (Lipinski definition) is 0. The molecule has 0 amide bonds. The molecular weight excluding hydrogens is 297 g/mol. The highest BCUT2D eigenvalue weighted by molar-refractivity contribution is 6.42. The van der Waals surface area contributed by atoms with Gasteiger partial charge in [0.1, 0.15) is 5.82 Å². The second-order valence-corrected chi connectivity index (χ2v) is 4.45. The minimum atomic E-state index is -4.76. The first-order valence-corrected chi connectivity index (χ1v) is 5.45. The molecule has 0 saturated heterocycles. The largest absolute Gasteiger partial charge is 0.435 e. The number of hydrogen-bond acceptors (Lipinski definition) is 2. The average Bonchev–Trinajstić information content (AvgIpc) is 2.74. The summed E-state index contributed by atoms with van der Waals surface area (Å²) in [6.45, 7) is 0. The fourth-order valence-corrected chi connectivity index (χ4v) is 1.94. The molecule has 98 valence electrons. The number of halogens is 6. The van der Waals surface area contributed by atoms with Crippen molar-refractivity contribution in [3.05, 3.63) is 33.6 Å². The zero-order valence-electron chi connectivity index (χ0n) is 8.56. The van der Waals surface area contributed by atoms with E-state index in [9.17, 15) is 17.6 Å². The summed E-state index contributed by atoms with van der Waals surface area (Å²) in [5, 5.41) is 2.37. The number of benzene rings is 1. The molecule has 0 saturated carbocycles. The molecule has 0 aliphatic carbocycles. The Balaban J connectivity index is 2.58. The maximum absolute atomic E-state index is 13.4. The lowest BCUT2D eigenvalue weighted by atomic mass is 9.90. The van der Waals surface area contributed by atoms with Crippen LogP contribution in [0.5, 0.6) is 0 Å². The highest BCUT2D eigenvalue weighted by atomic mass is 35.5. The Morgan fingerprint density at radius 1 is 1.28 bits per heavy atom. The summed E-state index contributed by atoms with van der Waals surface area (Å²) in [7, 11) is 0. The molecule has 0 N–H and O–H groups in total. The van der Waals surface area contributed by atoms with Gasteiger partial charge in [0.2, 0.25) is 0 Å². The third-order valence-electron chi connectivity index (χ3n) is 2.57. The van der Waals surface area contributed by atoms with E-state index in [1.807, 2.05) is 0 Å². The molecule has 0 aromatic heterocycles. The Labute approximate surface area is 109 Å². The second kappa shape index (κ2) is 4.28. The fraction of sp³-hybridized carbons (Fsp3) is 0.300. The van der Waals surface area contributed by atoms with E-state index in [1.165, 1.54) is 0 Å². The van der Waals surface area contributed by atoms with Crippen molar-refractivity contribution < 1.29 is 22.4 Å². The molecule has 8 heteroatoms. The first-order chi connectivity index (χ1) is 8.28. The van der Waals surface area contributed by atoms with Gasteiger partial charge in [-0.05, 0) is 12.1 Å². The summed E-state index contributed by atoms with van der Waals surface area (Å²) in [6, 6.07) is 1.57. The summed E-state index contributed by atoms with van der Waals surface area (Å²) in [4.78, 5) is 4.42. The van der Waals surface area contributed by atoms with Gasteiger partial charge in [-0.2, -0.15) is 13.2 Å². The Kier molecular flexibility index (Phi) is 3.19. The van der Waals surface area contributed by atoms with Gasteiger partial charge in [-0.3, -0.25) is 0 Å². The Bertz CT molecular complexity index is 484. The molecule has 1 aromatic rings. The van der Waals surface area contributed by atoms with Crippen LogP contribution in [0.15, 0.2) is 17.3 Å². The van der Waals surface area contributed by atoms with Crippen LogP contribution in [-0.2, 0) is 10.4 Å². The Morgan fingerprint density at radius 2 is 1.94 bits per heavy atom. The molecule has 2 rings (SSSR count). The predicted molar refractivity (Wildman–Crippen MR) is 58.3 cm³/mol. The third kappa shape index (κ3) is 1.93. The molecule has 0 fully saturated rings. The second-order valence-electron chi connectivity index (χ2n) is 3.66. The molecule has 1 aliphatic rings. The van der Waals surface area contributed by atoms with Crippen LogP contribution in [0.3, 0.4) is 0 Å². The molecule has 1 aliphatic heterocycles. The highest BCUT2D eigenvalue weighted by Gasteiger charge is 2.60. The molecule has 1 aromatic carbocycles. The van der Waals surface area contributed by atoms with Crippen molar-refractivity contribution in [3.63, 3.8) is 0 Å². The van der Waals surface area contributed by atoms with E-state index < -0.39 is 34.6 Å². The van der Waals surface area contributed by atoms with Gasteiger partial charge >= 0.3 is 6.18 Å². The quantitative estimate of drug-likeness (QED) is 0.560. The first kappa shape index (κ1) is 13.4. The summed E-state index contributed by atoms with van der Waals surface area (Å²) in [6.07, 6.45) is -4.34. The number of nitrogens with zero attached hydrogens (tertiary/aromatic N) is 1. The van der Waals surface area contributed by atoms with Gasteiger partial charge < -0.3 is 4.84 Å². The molecule has 0 radical (unpaired) electrons. The van der Waals surface area contributed by atoms with E-state index in [4.69, 9.17) is 23.2 Å². The highest BCUT2D eigenvalue weighted by Crippen LogP contribution is 2.48. The van der Waals surface area contributed by atoms with Crippen LogP contribution < -0.4 is 0 Å². The average molecular weight is 302 g/mol. The molecule has 1 heterocycles. The van der Waals surface area contributed by atoms with Crippen LogP contribution in [0.1, 0.15) is 12.0 Å². The van der Waals surface area contributed by atoms with Crippen molar-refractivity contribution in [1.29, 1.82) is 0 Å². The zero-order valence-corrected chi connectivity index (χ0v) is 10.1. The van der Waals surface area contributed by atoms with Gasteiger partial charge in [-0.15, -0.1) is 0 Å². The summed E-state index contributed by atoms with van der Waals surface area (Å²) < 4.78 is 52.6. The number of alkyl halides is 3. The van der Waals surface area contributed by atoms with Gasteiger partial charge in [0, 0.05) is 18.2 Å². The maximum atomic E-state index is 13.4. The van der Waals surface area contributed by atoms with Gasteiger partial charge in [0.05, 0.1) is 10.0 Å². The predicted octanol–water partition coefficient (Wildman–Crippen LogP) is 4.30. The number of oxime groups is 1. The monoisotopic (exact) mass is 301 g/mol. The maximum Gasteiger partial charge on any atom is 0.435 e. The lowest BCUT2D eigenvalue weighted by Crippen LogP contribution is -2.42. The minimum absolute atomic E-state index is 0.314. The van der Waals surface area contributed by atoms with E-state index in [1.54, 1.807) is 0 Å². The minimum Gasteiger partial charge on any atom is -0.375 e. The fourth-order valence-electron chi connectivity index (χ4n) is 1.62. The summed E-state index contributed by atoms with van der Waals surface area (Å²) >= 11 is 11.0. The van der Waals surface area contributed by atoms with Gasteiger partial charge in [-0.25, -0.2) is 4.39 Å². The van der Waals surface area contributed by atoms with E-state index in [-0.39, 0.29) is 5.02 Å². The summed E-state index contributed by atoms with van der Waals surface area (Å²) in [5.74, 6) is -1.04. The Morgan fingerprint density at radius 3 is 2.39 bits per heavy atom. The first-order valence-electron chi connectivity index (χ1n) is 4.70. The topological polar surface area (TPSA) is 21.6 Å². The van der Waals surface area contributed by atoms with Crippen molar-refractivity contribution in [2.45, 2.75) is 18.2 Å². The molecule has 0 spiro atoms. The molecule has 18 heavy (non-hydrogen) atoms. The van der Waals surface area contributed by atoms with Crippen molar-refractivity contribution in [2.75, 3.05) is 0 Å². The van der Waals surface area contributed by atoms with Crippen LogP contribution in [0.25, 0.3) is 0 Å². The molecule has 2 nitrogen and oxygen atoms in total. The van der Waals surface area contributed by atoms with E-state index >= 15 is 0 Å². The molecule has 0 bridgehead atoms. The molecular formula is C10H5Cl2F4NO. The van der Waals surface area contributed by atoms with Crippen molar-refractivity contribution in [3.8, 4) is 0 Å². The van der Waals surface area contributed by atoms with Crippen molar-refractivity contribution >= 4 is 29.4 Å². The molecule has 1 atom stereocenters. The smallest absolute Gasteiger partial charge is 0.375 e. The SMILES string of the molecule is Fc1cc(C2(C(F)(F)F)CC=NO2)cc(Cl)c1Cl. The van der Waals surface area contributed by atoms with E-state index in [2.05, 4.69) is 9.99 Å². The lowest BCUT2D eigenvalue weighted by molar-refractivity contribution is -0.275. The van der Waals surface area contributed by atoms with E-state index in [0.717, 1.165) is 12.3 Å². The molecule has 1 unspecified atom stereocenters. The van der Waals surface area contributed by atoms with Crippen LogP contribution in [0.2, 0.25) is 10.0 Å². The summed E-state index contributed by atoms with van der Waals surface area (Å²) in [5.41, 5.74) is -3.18. The number of rotatable bonds is 1. The standard InChI is InChI=1S/C10H5Cl2F4NO/c11-6-3-5(4-7(13)8(6)12)9(10(14,15)16)1-2-17-18-9/h2-4H,1H2. The van der Waals surface area contributed by atoms with E-state index in [0.29, 0.717) is 6.07 Å². The third-order valence-corrected chi connectivity index (χ3v) is 3.35. The van der Waals surface area contributed by atoms with Crippen molar-refractivity contribution in [1.82, 2.24) is 0 Å². The van der Waals surface area contributed by atoms with Crippen LogP contribution >= 0.6 is 23.2 Å². The van der Waals surface area contributed by atoms with Crippen LogP contribution in [0.4, 0.5) is 17.6 Å². The van der Waals surface area contributed by atoms with Crippen LogP contribution in [0, 0.1) is 5.82 Å².